The van der Waals surface area contributed by atoms with E-state index in [-0.39, 0.29) is 5.97 Å². The Labute approximate surface area is 86.8 Å². The molecule has 0 radical (unpaired) electrons. The zero-order valence-electron chi connectivity index (χ0n) is 8.35. The monoisotopic (exact) mass is 212 g/mol. The van der Waals surface area contributed by atoms with Crippen molar-refractivity contribution in [2.24, 2.45) is 4.99 Å². The third-order valence-electron chi connectivity index (χ3n) is 1.44. The number of methoxy groups -OCH3 is 1. The summed E-state index contributed by atoms with van der Waals surface area (Å²) in [4.78, 5) is 17.7. The summed E-state index contributed by atoms with van der Waals surface area (Å²) >= 11 is 1.33. The minimum absolute atomic E-state index is 0.342. The molecule has 0 saturated heterocycles. The summed E-state index contributed by atoms with van der Waals surface area (Å²) in [6.07, 6.45) is 1.65. The maximum Gasteiger partial charge on any atom is 0.350 e. The van der Waals surface area contributed by atoms with Crippen molar-refractivity contribution in [2.45, 2.75) is 0 Å². The fourth-order valence-corrected chi connectivity index (χ4v) is 1.58. The van der Waals surface area contributed by atoms with E-state index in [1.165, 1.54) is 18.4 Å². The molecule has 0 aromatic carbocycles. The molecule has 14 heavy (non-hydrogen) atoms. The number of hydrogen-bond donors (Lipinski definition) is 0. The Balaban J connectivity index is 2.88. The second-order valence-corrected chi connectivity index (χ2v) is 3.75. The maximum absolute atomic E-state index is 11.2. The first kappa shape index (κ1) is 10.7. The summed E-state index contributed by atoms with van der Waals surface area (Å²) in [5, 5.41) is 1.81. The van der Waals surface area contributed by atoms with Crippen LogP contribution in [0.15, 0.2) is 16.4 Å². The fourth-order valence-electron chi connectivity index (χ4n) is 0.827. The zero-order chi connectivity index (χ0) is 10.6. The normalized spacial score (nSPS) is 10.5. The van der Waals surface area contributed by atoms with Crippen molar-refractivity contribution in [1.82, 2.24) is 4.90 Å². The molecule has 4 nitrogen and oxygen atoms in total. The Morgan fingerprint density at radius 2 is 2.36 bits per heavy atom. The molecule has 0 aliphatic carbocycles. The number of esters is 1. The highest BCUT2D eigenvalue weighted by Crippen LogP contribution is 2.25. The maximum atomic E-state index is 11.2. The molecule has 0 saturated carbocycles. The van der Waals surface area contributed by atoms with Crippen LogP contribution in [0.1, 0.15) is 9.67 Å². The molecule has 0 spiro atoms. The molecule has 0 aliphatic heterocycles. The van der Waals surface area contributed by atoms with Gasteiger partial charge in [0.05, 0.1) is 19.1 Å². The average molecular weight is 212 g/mol. The SMILES string of the molecule is COC(=O)c1sccc1/N=C/N(C)C. The third-order valence-corrected chi connectivity index (χ3v) is 2.33. The van der Waals surface area contributed by atoms with Crippen molar-refractivity contribution in [3.05, 3.63) is 16.3 Å². The van der Waals surface area contributed by atoms with E-state index >= 15 is 0 Å². The largest absolute Gasteiger partial charge is 0.465 e. The second-order valence-electron chi connectivity index (χ2n) is 2.83. The van der Waals surface area contributed by atoms with Crippen LogP contribution in [0, 0.1) is 0 Å². The number of nitrogens with zero attached hydrogens (tertiary/aromatic N) is 2. The molecule has 0 fully saturated rings. The number of carbonyl (C=O) groups is 1. The first-order valence-corrected chi connectivity index (χ1v) is 4.89. The van der Waals surface area contributed by atoms with Gasteiger partial charge in [0.1, 0.15) is 4.88 Å². The Kier molecular flexibility index (Phi) is 3.64. The van der Waals surface area contributed by atoms with Crippen molar-refractivity contribution in [2.75, 3.05) is 21.2 Å². The van der Waals surface area contributed by atoms with Crippen LogP contribution in [0.4, 0.5) is 5.69 Å². The molecular weight excluding hydrogens is 200 g/mol. The molecule has 0 N–H and O–H groups in total. The third kappa shape index (κ3) is 2.56. The van der Waals surface area contributed by atoms with E-state index in [1.807, 2.05) is 19.5 Å². The quantitative estimate of drug-likeness (QED) is 0.435. The summed E-state index contributed by atoms with van der Waals surface area (Å²) < 4.78 is 4.63. The lowest BCUT2D eigenvalue weighted by Gasteiger charge is -2.02. The van der Waals surface area contributed by atoms with Gasteiger partial charge in [-0.3, -0.25) is 0 Å². The molecule has 0 amide bonds. The Bertz CT molecular complexity index is 344. The lowest BCUT2D eigenvalue weighted by atomic mass is 10.4. The minimum Gasteiger partial charge on any atom is -0.465 e. The second kappa shape index (κ2) is 4.76. The molecule has 5 heteroatoms. The molecule has 76 valence electrons. The van der Waals surface area contributed by atoms with Crippen LogP contribution in [0.25, 0.3) is 0 Å². The minimum atomic E-state index is -0.342. The molecule has 1 aromatic heterocycles. The van der Waals surface area contributed by atoms with E-state index in [1.54, 1.807) is 17.3 Å². The van der Waals surface area contributed by atoms with E-state index < -0.39 is 0 Å². The van der Waals surface area contributed by atoms with Gasteiger partial charge in [-0.25, -0.2) is 9.79 Å². The highest BCUT2D eigenvalue weighted by atomic mass is 32.1. The Hall–Kier alpha value is -1.36. The smallest absolute Gasteiger partial charge is 0.350 e. The Morgan fingerprint density at radius 1 is 1.64 bits per heavy atom. The summed E-state index contributed by atoms with van der Waals surface area (Å²) in [7, 11) is 5.10. The van der Waals surface area contributed by atoms with Crippen molar-refractivity contribution < 1.29 is 9.53 Å². The molecule has 1 aromatic rings. The molecule has 1 heterocycles. The molecule has 0 bridgehead atoms. The van der Waals surface area contributed by atoms with Crippen molar-refractivity contribution in [1.29, 1.82) is 0 Å². The summed E-state index contributed by atoms with van der Waals surface area (Å²) in [6, 6.07) is 1.79. The van der Waals surface area contributed by atoms with Crippen molar-refractivity contribution >= 4 is 29.3 Å². The first-order valence-electron chi connectivity index (χ1n) is 4.01. The molecule has 1 rings (SSSR count). The molecule has 0 atom stereocenters. The van der Waals surface area contributed by atoms with Gasteiger partial charge in [-0.15, -0.1) is 11.3 Å². The number of rotatable bonds is 3. The first-order chi connectivity index (χ1) is 6.65. The van der Waals surface area contributed by atoms with Crippen LogP contribution in [0.2, 0.25) is 0 Å². The average Bonchev–Trinajstić information content (AvgIpc) is 2.61. The number of carbonyl (C=O) groups excluding carboxylic acids is 1. The summed E-state index contributed by atoms with van der Waals surface area (Å²) in [5.41, 5.74) is 0.649. The number of hydrogen-bond acceptors (Lipinski definition) is 4. The van der Waals surface area contributed by atoms with Crippen molar-refractivity contribution in [3.8, 4) is 0 Å². The van der Waals surface area contributed by atoms with Gasteiger partial charge >= 0.3 is 5.97 Å². The lowest BCUT2D eigenvalue weighted by molar-refractivity contribution is 0.0607. The van der Waals surface area contributed by atoms with Crippen LogP contribution in [-0.2, 0) is 4.74 Å². The van der Waals surface area contributed by atoms with Gasteiger partial charge in [0, 0.05) is 14.1 Å². The van der Waals surface area contributed by atoms with E-state index in [0.717, 1.165) is 0 Å². The van der Waals surface area contributed by atoms with Gasteiger partial charge in [-0.1, -0.05) is 0 Å². The summed E-state index contributed by atoms with van der Waals surface area (Å²) in [5.74, 6) is -0.342. The van der Waals surface area contributed by atoms with Gasteiger partial charge in [-0.2, -0.15) is 0 Å². The highest BCUT2D eigenvalue weighted by Gasteiger charge is 2.12. The van der Waals surface area contributed by atoms with Crippen LogP contribution in [0.5, 0.6) is 0 Å². The van der Waals surface area contributed by atoms with E-state index in [9.17, 15) is 4.79 Å². The van der Waals surface area contributed by atoms with E-state index in [2.05, 4.69) is 9.73 Å². The van der Waals surface area contributed by atoms with Gasteiger partial charge in [-0.05, 0) is 11.4 Å². The topological polar surface area (TPSA) is 41.9 Å². The molecular formula is C9H12N2O2S. The molecule has 0 unspecified atom stereocenters. The summed E-state index contributed by atoms with van der Waals surface area (Å²) in [6.45, 7) is 0. The van der Waals surface area contributed by atoms with Crippen LogP contribution in [-0.4, -0.2) is 38.4 Å². The highest BCUT2D eigenvalue weighted by molar-refractivity contribution is 7.12. The van der Waals surface area contributed by atoms with E-state index in [0.29, 0.717) is 10.6 Å². The van der Waals surface area contributed by atoms with Gasteiger partial charge in [0.25, 0.3) is 0 Å². The van der Waals surface area contributed by atoms with Gasteiger partial charge < -0.3 is 9.64 Å². The standard InChI is InChI=1S/C9H12N2O2S/c1-11(2)6-10-7-4-5-14-8(7)9(12)13-3/h4-6H,1-3H3/b10-6+. The predicted molar refractivity (Wildman–Crippen MR) is 57.5 cm³/mol. The zero-order valence-corrected chi connectivity index (χ0v) is 9.17. The fraction of sp³-hybridized carbons (Fsp3) is 0.333. The van der Waals surface area contributed by atoms with Crippen LogP contribution < -0.4 is 0 Å². The number of thiophene rings is 1. The van der Waals surface area contributed by atoms with Crippen LogP contribution >= 0.6 is 11.3 Å². The number of ether oxygens (including phenoxy) is 1. The van der Waals surface area contributed by atoms with Crippen molar-refractivity contribution in [3.63, 3.8) is 0 Å². The number of aliphatic imine (C=N–C) groups is 1. The van der Waals surface area contributed by atoms with Gasteiger partial charge in [0.2, 0.25) is 0 Å². The predicted octanol–water partition coefficient (Wildman–Crippen LogP) is 1.76. The van der Waals surface area contributed by atoms with Crippen LogP contribution in [0.3, 0.4) is 0 Å². The Morgan fingerprint density at radius 3 is 2.93 bits per heavy atom. The van der Waals surface area contributed by atoms with E-state index in [4.69, 9.17) is 0 Å². The molecule has 0 aliphatic rings. The van der Waals surface area contributed by atoms with Gasteiger partial charge in [0.15, 0.2) is 0 Å². The lowest BCUT2D eigenvalue weighted by Crippen LogP contribution is -2.07.